The molecule has 0 amide bonds. The summed E-state index contributed by atoms with van der Waals surface area (Å²) in [6.07, 6.45) is 4.10. The van der Waals surface area contributed by atoms with E-state index in [4.69, 9.17) is 0 Å². The molecule has 1 unspecified atom stereocenters. The molecule has 7 nitrogen and oxygen atoms in total. The van der Waals surface area contributed by atoms with E-state index < -0.39 is 10.0 Å². The minimum atomic E-state index is -3.20. The van der Waals surface area contributed by atoms with Crippen molar-refractivity contribution in [2.24, 2.45) is 7.05 Å². The SMILES string of the molecule is Cn1cnc(CCNS(=O)(=O)CC2CCCN2)n1. The Balaban J connectivity index is 1.74. The Kier molecular flexibility index (Phi) is 4.31. The summed E-state index contributed by atoms with van der Waals surface area (Å²) in [6, 6.07) is 0.0930. The number of nitrogens with zero attached hydrogens (tertiary/aromatic N) is 3. The molecule has 1 aliphatic rings. The summed E-state index contributed by atoms with van der Waals surface area (Å²) in [5.41, 5.74) is 0. The molecule has 1 aliphatic heterocycles. The highest BCUT2D eigenvalue weighted by Gasteiger charge is 2.21. The van der Waals surface area contributed by atoms with E-state index in [0.29, 0.717) is 18.8 Å². The molecule has 0 spiro atoms. The first-order valence-corrected chi connectivity index (χ1v) is 7.76. The van der Waals surface area contributed by atoms with Crippen LogP contribution >= 0.6 is 0 Å². The fourth-order valence-corrected chi connectivity index (χ4v) is 3.38. The topological polar surface area (TPSA) is 88.9 Å². The maximum Gasteiger partial charge on any atom is 0.213 e. The number of rotatable bonds is 6. The molecule has 2 heterocycles. The van der Waals surface area contributed by atoms with Crippen molar-refractivity contribution in [2.75, 3.05) is 18.8 Å². The first-order chi connectivity index (χ1) is 8.55. The van der Waals surface area contributed by atoms with Gasteiger partial charge in [0.15, 0.2) is 5.82 Å². The van der Waals surface area contributed by atoms with E-state index in [-0.39, 0.29) is 11.8 Å². The highest BCUT2D eigenvalue weighted by atomic mass is 32.2. The summed E-state index contributed by atoms with van der Waals surface area (Å²) >= 11 is 0. The van der Waals surface area contributed by atoms with Gasteiger partial charge in [-0.05, 0) is 19.4 Å². The average Bonchev–Trinajstić information content (AvgIpc) is 2.89. The maximum absolute atomic E-state index is 11.8. The van der Waals surface area contributed by atoms with Gasteiger partial charge in [-0.25, -0.2) is 18.1 Å². The Morgan fingerprint density at radius 2 is 2.44 bits per heavy atom. The number of hydrogen-bond donors (Lipinski definition) is 2. The molecule has 8 heteroatoms. The van der Waals surface area contributed by atoms with Gasteiger partial charge in [0, 0.05) is 26.1 Å². The Morgan fingerprint density at radius 3 is 3.06 bits per heavy atom. The van der Waals surface area contributed by atoms with E-state index in [1.807, 2.05) is 0 Å². The minimum Gasteiger partial charge on any atom is -0.313 e. The molecular formula is C10H19N5O2S. The summed E-state index contributed by atoms with van der Waals surface area (Å²) in [4.78, 5) is 4.04. The van der Waals surface area contributed by atoms with Gasteiger partial charge in [0.05, 0.1) is 5.75 Å². The summed E-state index contributed by atoms with van der Waals surface area (Å²) in [7, 11) is -1.42. The summed E-state index contributed by atoms with van der Waals surface area (Å²) in [5, 5.41) is 7.27. The molecule has 2 rings (SSSR count). The van der Waals surface area contributed by atoms with Gasteiger partial charge in [-0.2, -0.15) is 5.10 Å². The van der Waals surface area contributed by atoms with E-state index in [9.17, 15) is 8.42 Å². The lowest BCUT2D eigenvalue weighted by Gasteiger charge is -2.11. The van der Waals surface area contributed by atoms with E-state index >= 15 is 0 Å². The zero-order valence-electron chi connectivity index (χ0n) is 10.5. The number of nitrogens with one attached hydrogen (secondary N) is 2. The largest absolute Gasteiger partial charge is 0.313 e. The van der Waals surface area contributed by atoms with E-state index in [2.05, 4.69) is 20.1 Å². The third-order valence-electron chi connectivity index (χ3n) is 2.90. The summed E-state index contributed by atoms with van der Waals surface area (Å²) in [6.45, 7) is 1.26. The van der Waals surface area contributed by atoms with Crippen molar-refractivity contribution in [3.63, 3.8) is 0 Å². The van der Waals surface area contributed by atoms with Crippen LogP contribution in [0.1, 0.15) is 18.7 Å². The maximum atomic E-state index is 11.8. The van der Waals surface area contributed by atoms with Gasteiger partial charge in [0.2, 0.25) is 10.0 Å². The van der Waals surface area contributed by atoms with Crippen molar-refractivity contribution in [1.82, 2.24) is 24.8 Å². The molecule has 1 atom stereocenters. The molecule has 0 aromatic carbocycles. The average molecular weight is 273 g/mol. The van der Waals surface area contributed by atoms with Crippen LogP contribution in [0.2, 0.25) is 0 Å². The van der Waals surface area contributed by atoms with Gasteiger partial charge in [0.25, 0.3) is 0 Å². The fourth-order valence-electron chi connectivity index (χ4n) is 2.04. The number of aromatic nitrogens is 3. The second kappa shape index (κ2) is 5.77. The lowest BCUT2D eigenvalue weighted by atomic mass is 10.3. The standard InChI is InChI=1S/C10H19N5O2S/c1-15-8-12-10(14-15)4-6-13-18(16,17)7-9-3-2-5-11-9/h8-9,11,13H,2-7H2,1H3. The van der Waals surface area contributed by atoms with Crippen molar-refractivity contribution < 1.29 is 8.42 Å². The van der Waals surface area contributed by atoms with Crippen molar-refractivity contribution in [1.29, 1.82) is 0 Å². The second-order valence-electron chi connectivity index (χ2n) is 4.55. The fraction of sp³-hybridized carbons (Fsp3) is 0.800. The van der Waals surface area contributed by atoms with Crippen LogP contribution in [0.4, 0.5) is 0 Å². The Bertz CT molecular complexity index is 478. The predicted octanol–water partition coefficient (Wildman–Crippen LogP) is -0.971. The zero-order valence-corrected chi connectivity index (χ0v) is 11.3. The first kappa shape index (κ1) is 13.4. The van der Waals surface area contributed by atoms with Crippen molar-refractivity contribution in [3.8, 4) is 0 Å². The number of hydrogen-bond acceptors (Lipinski definition) is 5. The van der Waals surface area contributed by atoms with Crippen LogP contribution in [0.25, 0.3) is 0 Å². The van der Waals surface area contributed by atoms with Gasteiger partial charge in [-0.1, -0.05) is 0 Å². The summed E-state index contributed by atoms with van der Waals surface area (Å²) in [5.74, 6) is 0.807. The van der Waals surface area contributed by atoms with Crippen LogP contribution in [-0.2, 0) is 23.5 Å². The second-order valence-corrected chi connectivity index (χ2v) is 6.40. The summed E-state index contributed by atoms with van der Waals surface area (Å²) < 4.78 is 27.8. The van der Waals surface area contributed by atoms with E-state index in [1.54, 1.807) is 18.1 Å². The molecule has 2 N–H and O–H groups in total. The quantitative estimate of drug-likeness (QED) is 0.696. The lowest BCUT2D eigenvalue weighted by Crippen LogP contribution is -2.37. The molecule has 0 bridgehead atoms. The normalized spacial score (nSPS) is 20.4. The first-order valence-electron chi connectivity index (χ1n) is 6.10. The Hall–Kier alpha value is -0.990. The van der Waals surface area contributed by atoms with Gasteiger partial charge in [-0.3, -0.25) is 4.68 Å². The van der Waals surface area contributed by atoms with E-state index in [0.717, 1.165) is 19.4 Å². The van der Waals surface area contributed by atoms with Gasteiger partial charge in [-0.15, -0.1) is 0 Å². The van der Waals surface area contributed by atoms with Crippen LogP contribution in [0.15, 0.2) is 6.33 Å². The highest BCUT2D eigenvalue weighted by molar-refractivity contribution is 7.89. The van der Waals surface area contributed by atoms with Crippen molar-refractivity contribution in [2.45, 2.75) is 25.3 Å². The van der Waals surface area contributed by atoms with Crippen LogP contribution in [0.3, 0.4) is 0 Å². The molecule has 1 saturated heterocycles. The molecule has 1 fully saturated rings. The predicted molar refractivity (Wildman–Crippen MR) is 67.5 cm³/mol. The molecule has 1 aromatic heterocycles. The number of sulfonamides is 1. The third kappa shape index (κ3) is 4.04. The van der Waals surface area contributed by atoms with Crippen molar-refractivity contribution >= 4 is 10.0 Å². The number of aryl methyl sites for hydroxylation is 1. The molecule has 18 heavy (non-hydrogen) atoms. The van der Waals surface area contributed by atoms with Crippen molar-refractivity contribution in [3.05, 3.63) is 12.2 Å². The molecule has 1 aromatic rings. The Labute approximate surface area is 107 Å². The zero-order chi connectivity index (χ0) is 13.0. The van der Waals surface area contributed by atoms with E-state index in [1.165, 1.54) is 0 Å². The monoisotopic (exact) mass is 273 g/mol. The van der Waals surface area contributed by atoms with Crippen LogP contribution < -0.4 is 10.0 Å². The molecule has 0 aliphatic carbocycles. The minimum absolute atomic E-state index is 0.0930. The smallest absolute Gasteiger partial charge is 0.213 e. The lowest BCUT2D eigenvalue weighted by molar-refractivity contribution is 0.563. The van der Waals surface area contributed by atoms with Gasteiger partial charge in [0.1, 0.15) is 6.33 Å². The van der Waals surface area contributed by atoms with Gasteiger partial charge >= 0.3 is 0 Å². The molecule has 102 valence electrons. The van der Waals surface area contributed by atoms with Crippen LogP contribution in [-0.4, -0.2) is 48.1 Å². The van der Waals surface area contributed by atoms with Gasteiger partial charge < -0.3 is 5.32 Å². The Morgan fingerprint density at radius 1 is 1.61 bits per heavy atom. The molecular weight excluding hydrogens is 254 g/mol. The van der Waals surface area contributed by atoms with Crippen LogP contribution in [0, 0.1) is 0 Å². The van der Waals surface area contributed by atoms with Crippen LogP contribution in [0.5, 0.6) is 0 Å². The third-order valence-corrected chi connectivity index (χ3v) is 4.39. The highest BCUT2D eigenvalue weighted by Crippen LogP contribution is 2.06. The molecule has 0 radical (unpaired) electrons. The molecule has 0 saturated carbocycles.